The Labute approximate surface area is 216 Å². The second-order valence-corrected chi connectivity index (χ2v) is 10.6. The molecule has 206 valence electrons. The van der Waals surface area contributed by atoms with Gasteiger partial charge in [0.2, 0.25) is 0 Å². The van der Waals surface area contributed by atoms with Gasteiger partial charge >= 0.3 is 23.9 Å². The summed E-state index contributed by atoms with van der Waals surface area (Å²) in [7, 11) is -9.53. The highest BCUT2D eigenvalue weighted by molar-refractivity contribution is 7.86. The van der Waals surface area contributed by atoms with Gasteiger partial charge in [0.05, 0.1) is 45.3 Å². The van der Waals surface area contributed by atoms with Gasteiger partial charge in [-0.2, -0.15) is 16.8 Å². The maximum atomic E-state index is 12.2. The third kappa shape index (κ3) is 8.91. The van der Waals surface area contributed by atoms with Crippen LogP contribution in [0.2, 0.25) is 0 Å². The molecule has 4 N–H and O–H groups in total. The molecule has 0 aromatic heterocycles. The topological polar surface area (TPSA) is 236 Å². The quantitative estimate of drug-likeness (QED) is 0.152. The van der Waals surface area contributed by atoms with Crippen molar-refractivity contribution in [1.82, 2.24) is 0 Å². The second-order valence-electron chi connectivity index (χ2n) is 7.74. The molecule has 0 radical (unpaired) electrons. The van der Waals surface area contributed by atoms with Gasteiger partial charge in [0.15, 0.2) is 0 Å². The Balaban J connectivity index is 1.81. The third-order valence-electron chi connectivity index (χ3n) is 4.88. The van der Waals surface area contributed by atoms with Gasteiger partial charge in [-0.05, 0) is 62.1 Å². The molecule has 0 amide bonds. The van der Waals surface area contributed by atoms with Crippen molar-refractivity contribution in [1.29, 1.82) is 0 Å². The number of ether oxygens (including phenoxy) is 2. The minimum absolute atomic E-state index is 0.0997. The van der Waals surface area contributed by atoms with Gasteiger partial charge in [-0.1, -0.05) is 0 Å². The van der Waals surface area contributed by atoms with Crippen molar-refractivity contribution in [2.75, 3.05) is 13.2 Å². The van der Waals surface area contributed by atoms with E-state index in [0.29, 0.717) is 37.8 Å². The van der Waals surface area contributed by atoms with Crippen LogP contribution in [0.5, 0.6) is 0 Å². The van der Waals surface area contributed by atoms with Crippen molar-refractivity contribution in [2.24, 2.45) is 0 Å². The molecular formula is C22H22O14S2. The fourth-order valence-electron chi connectivity index (χ4n) is 3.03. The fourth-order valence-corrected chi connectivity index (χ4v) is 4.14. The number of carbonyl (C=O) groups excluding carboxylic acids is 2. The standard InChI is InChI=1S/C22H22O14S2/c23-19(24)13-7-15(11-17(9-13)37(29,30)31)21(27)35-5-3-1-2-4-6-36-22(28)16-8-14(20(25)26)10-18(12-16)38(32,33)34/h7-12H,1-6H2,(H,23,24)(H,25,26)(H,29,30,31)(H,32,33,34). The highest BCUT2D eigenvalue weighted by Gasteiger charge is 2.20. The number of carboxylic acids is 2. The normalized spacial score (nSPS) is 11.5. The number of unbranched alkanes of at least 4 members (excludes halogenated alkanes) is 3. The number of benzene rings is 2. The monoisotopic (exact) mass is 574 g/mol. The number of carboxylic acid groups (broad SMARTS) is 2. The molecule has 0 heterocycles. The summed E-state index contributed by atoms with van der Waals surface area (Å²) < 4.78 is 73.5. The molecule has 0 aliphatic carbocycles. The number of rotatable bonds is 13. The van der Waals surface area contributed by atoms with Gasteiger partial charge in [0, 0.05) is 0 Å². The lowest BCUT2D eigenvalue weighted by Crippen LogP contribution is -2.11. The van der Waals surface area contributed by atoms with Gasteiger partial charge in [-0.25, -0.2) is 19.2 Å². The first-order valence-corrected chi connectivity index (χ1v) is 13.5. The lowest BCUT2D eigenvalue weighted by molar-refractivity contribution is 0.0473. The molecular weight excluding hydrogens is 552 g/mol. The van der Waals surface area contributed by atoms with Gasteiger partial charge in [0.1, 0.15) is 0 Å². The molecule has 38 heavy (non-hydrogen) atoms. The number of hydrogen-bond acceptors (Lipinski definition) is 10. The first-order valence-electron chi connectivity index (χ1n) is 10.7. The largest absolute Gasteiger partial charge is 0.478 e. The fraction of sp³-hybridized carbons (Fsp3) is 0.273. The van der Waals surface area contributed by atoms with E-state index in [2.05, 4.69) is 0 Å². The van der Waals surface area contributed by atoms with E-state index in [1.165, 1.54) is 0 Å². The Morgan fingerprint density at radius 3 is 1.16 bits per heavy atom. The Morgan fingerprint density at radius 2 is 0.868 bits per heavy atom. The molecule has 0 unspecified atom stereocenters. The third-order valence-corrected chi connectivity index (χ3v) is 6.54. The minimum atomic E-state index is -4.76. The van der Waals surface area contributed by atoms with Gasteiger partial charge in [-0.3, -0.25) is 9.11 Å². The Hall–Kier alpha value is -3.86. The van der Waals surface area contributed by atoms with Crippen molar-refractivity contribution in [3.8, 4) is 0 Å². The van der Waals surface area contributed by atoms with E-state index in [0.717, 1.165) is 24.3 Å². The molecule has 2 aromatic carbocycles. The van der Waals surface area contributed by atoms with Gasteiger partial charge in [-0.15, -0.1) is 0 Å². The van der Waals surface area contributed by atoms with E-state index in [1.807, 2.05) is 0 Å². The maximum absolute atomic E-state index is 12.2. The van der Waals surface area contributed by atoms with Crippen LogP contribution in [-0.2, 0) is 29.7 Å². The predicted molar refractivity (Wildman–Crippen MR) is 125 cm³/mol. The van der Waals surface area contributed by atoms with Crippen LogP contribution in [-0.4, -0.2) is 73.2 Å². The van der Waals surface area contributed by atoms with Crippen LogP contribution in [0, 0.1) is 0 Å². The molecule has 14 nitrogen and oxygen atoms in total. The van der Waals surface area contributed by atoms with E-state index in [4.69, 9.17) is 28.8 Å². The molecule has 0 atom stereocenters. The highest BCUT2D eigenvalue weighted by Crippen LogP contribution is 2.18. The van der Waals surface area contributed by atoms with E-state index in [1.54, 1.807) is 0 Å². The van der Waals surface area contributed by atoms with Crippen molar-refractivity contribution >= 4 is 44.1 Å². The zero-order valence-corrected chi connectivity index (χ0v) is 21.0. The van der Waals surface area contributed by atoms with E-state index >= 15 is 0 Å². The molecule has 0 saturated heterocycles. The summed E-state index contributed by atoms with van der Waals surface area (Å²) in [4.78, 5) is 45.0. The molecule has 0 spiro atoms. The van der Waals surface area contributed by atoms with Crippen molar-refractivity contribution in [2.45, 2.75) is 35.5 Å². The zero-order chi connectivity index (χ0) is 28.7. The lowest BCUT2D eigenvalue weighted by atomic mass is 10.1. The molecule has 0 saturated carbocycles. The number of esters is 2. The number of carbonyl (C=O) groups is 4. The van der Waals surface area contributed by atoms with Crippen molar-refractivity contribution in [3.05, 3.63) is 58.7 Å². The maximum Gasteiger partial charge on any atom is 0.338 e. The van der Waals surface area contributed by atoms with Crippen molar-refractivity contribution < 1.29 is 64.8 Å². The first-order chi connectivity index (χ1) is 17.6. The zero-order valence-electron chi connectivity index (χ0n) is 19.4. The van der Waals surface area contributed by atoms with Crippen LogP contribution in [0.3, 0.4) is 0 Å². The van der Waals surface area contributed by atoms with Crippen LogP contribution in [0.1, 0.15) is 67.1 Å². The van der Waals surface area contributed by atoms with Crippen LogP contribution < -0.4 is 0 Å². The van der Waals surface area contributed by atoms with E-state index in [9.17, 15) is 36.0 Å². The molecule has 2 aromatic rings. The summed E-state index contributed by atoms with van der Waals surface area (Å²) in [6, 6.07) is 4.75. The average molecular weight is 575 g/mol. The highest BCUT2D eigenvalue weighted by atomic mass is 32.2. The molecule has 0 aliphatic rings. The van der Waals surface area contributed by atoms with Crippen LogP contribution in [0.15, 0.2) is 46.2 Å². The van der Waals surface area contributed by atoms with Gasteiger partial charge in [0.25, 0.3) is 20.2 Å². The predicted octanol–water partition coefficient (Wildman–Crippen LogP) is 2.15. The van der Waals surface area contributed by atoms with E-state index in [-0.39, 0.29) is 24.3 Å². The second kappa shape index (κ2) is 12.6. The van der Waals surface area contributed by atoms with Gasteiger partial charge < -0.3 is 19.7 Å². The van der Waals surface area contributed by atoms with Crippen LogP contribution >= 0.6 is 0 Å². The summed E-state index contributed by atoms with van der Waals surface area (Å²) in [6.45, 7) is -0.199. The summed E-state index contributed by atoms with van der Waals surface area (Å²) >= 11 is 0. The average Bonchev–Trinajstić information content (AvgIpc) is 2.83. The Bertz CT molecular complexity index is 1350. The summed E-state index contributed by atoms with van der Waals surface area (Å²) in [6.07, 6.45) is 1.69. The summed E-state index contributed by atoms with van der Waals surface area (Å²) in [5.74, 6) is -5.03. The minimum Gasteiger partial charge on any atom is -0.478 e. The lowest BCUT2D eigenvalue weighted by Gasteiger charge is -2.08. The molecule has 16 heteroatoms. The number of hydrogen-bond donors (Lipinski definition) is 4. The summed E-state index contributed by atoms with van der Waals surface area (Å²) in [5.41, 5.74) is -1.84. The van der Waals surface area contributed by atoms with E-state index < -0.39 is 65.0 Å². The number of aromatic carboxylic acids is 2. The Morgan fingerprint density at radius 1 is 0.553 bits per heavy atom. The molecule has 0 aliphatic heterocycles. The first kappa shape index (κ1) is 30.4. The van der Waals surface area contributed by atoms with Crippen LogP contribution in [0.25, 0.3) is 0 Å². The SMILES string of the molecule is O=C(O)c1cc(C(=O)OCCCCCCOC(=O)c2cc(C(=O)O)cc(S(=O)(=O)O)c2)cc(S(=O)(=O)O)c1. The summed E-state index contributed by atoms with van der Waals surface area (Å²) in [5, 5.41) is 18.1. The Kier molecular flexibility index (Phi) is 10.1. The van der Waals surface area contributed by atoms with Crippen molar-refractivity contribution in [3.63, 3.8) is 0 Å². The molecule has 0 fully saturated rings. The van der Waals surface area contributed by atoms with Crippen LogP contribution in [0.4, 0.5) is 0 Å². The molecule has 2 rings (SSSR count). The smallest absolute Gasteiger partial charge is 0.338 e. The molecule has 0 bridgehead atoms.